The number of carbonyl (C=O) groups excluding carboxylic acids is 1. The van der Waals surface area contributed by atoms with Crippen LogP contribution in [0.3, 0.4) is 0 Å². The SMILES string of the molecule is CSc1ccccc1NC(=O)CN(Cc1ccc(C)cc1)S(C)(=O)=O. The lowest BCUT2D eigenvalue weighted by atomic mass is 10.1. The number of sulfonamides is 1. The first kappa shape index (κ1) is 19.5. The first-order valence-corrected chi connectivity index (χ1v) is 10.8. The van der Waals surface area contributed by atoms with Gasteiger partial charge in [0.25, 0.3) is 0 Å². The van der Waals surface area contributed by atoms with Crippen molar-refractivity contribution in [2.45, 2.75) is 18.4 Å². The van der Waals surface area contributed by atoms with Crippen LogP contribution in [0.25, 0.3) is 0 Å². The number of nitrogens with one attached hydrogen (secondary N) is 1. The number of para-hydroxylation sites is 1. The molecule has 0 aliphatic heterocycles. The van der Waals surface area contributed by atoms with E-state index in [0.29, 0.717) is 5.69 Å². The standard InChI is InChI=1S/C18H22N2O3S2/c1-14-8-10-15(11-9-14)12-20(25(3,22)23)13-18(21)19-16-6-4-5-7-17(16)24-2/h4-11H,12-13H2,1-3H3,(H,19,21). The van der Waals surface area contributed by atoms with Crippen molar-refractivity contribution in [1.29, 1.82) is 0 Å². The van der Waals surface area contributed by atoms with Gasteiger partial charge in [-0.2, -0.15) is 4.31 Å². The van der Waals surface area contributed by atoms with E-state index >= 15 is 0 Å². The number of hydrogen-bond donors (Lipinski definition) is 1. The Hall–Kier alpha value is -1.83. The molecule has 2 aromatic carbocycles. The Balaban J connectivity index is 2.11. The van der Waals surface area contributed by atoms with Crippen LogP contribution in [0.15, 0.2) is 53.4 Å². The van der Waals surface area contributed by atoms with Gasteiger partial charge in [0.05, 0.1) is 18.5 Å². The van der Waals surface area contributed by atoms with Gasteiger partial charge in [-0.05, 0) is 30.9 Å². The number of anilines is 1. The third-order valence-electron chi connectivity index (χ3n) is 3.65. The van der Waals surface area contributed by atoms with E-state index < -0.39 is 10.0 Å². The predicted octanol–water partition coefficient (Wildman–Crippen LogP) is 3.12. The van der Waals surface area contributed by atoms with Crippen molar-refractivity contribution in [2.24, 2.45) is 0 Å². The lowest BCUT2D eigenvalue weighted by Crippen LogP contribution is -2.37. The highest BCUT2D eigenvalue weighted by Crippen LogP contribution is 2.24. The van der Waals surface area contributed by atoms with Gasteiger partial charge in [0.1, 0.15) is 0 Å². The maximum absolute atomic E-state index is 12.4. The summed E-state index contributed by atoms with van der Waals surface area (Å²) in [6, 6.07) is 15.0. The molecule has 1 N–H and O–H groups in total. The Labute approximate surface area is 153 Å². The number of hydrogen-bond acceptors (Lipinski definition) is 4. The minimum absolute atomic E-state index is 0.163. The smallest absolute Gasteiger partial charge is 0.239 e. The van der Waals surface area contributed by atoms with Gasteiger partial charge in [-0.1, -0.05) is 42.0 Å². The Morgan fingerprint density at radius 2 is 1.76 bits per heavy atom. The summed E-state index contributed by atoms with van der Waals surface area (Å²) in [5.74, 6) is -0.362. The number of carbonyl (C=O) groups is 1. The second-order valence-corrected chi connectivity index (χ2v) is 8.60. The maximum Gasteiger partial charge on any atom is 0.239 e. The van der Waals surface area contributed by atoms with Gasteiger partial charge in [-0.3, -0.25) is 4.79 Å². The molecule has 5 nitrogen and oxygen atoms in total. The molecule has 2 rings (SSSR count). The minimum atomic E-state index is -3.51. The Kier molecular flexibility index (Phi) is 6.64. The highest BCUT2D eigenvalue weighted by atomic mass is 32.2. The molecule has 0 unspecified atom stereocenters. The largest absolute Gasteiger partial charge is 0.324 e. The molecule has 0 aliphatic carbocycles. The lowest BCUT2D eigenvalue weighted by Gasteiger charge is -2.20. The molecule has 0 heterocycles. The Morgan fingerprint density at radius 3 is 2.36 bits per heavy atom. The third kappa shape index (κ3) is 5.88. The van der Waals surface area contributed by atoms with Gasteiger partial charge < -0.3 is 5.32 Å². The number of amides is 1. The van der Waals surface area contributed by atoms with Crippen LogP contribution in [0.1, 0.15) is 11.1 Å². The topological polar surface area (TPSA) is 66.5 Å². The van der Waals surface area contributed by atoms with E-state index in [-0.39, 0.29) is 19.0 Å². The summed E-state index contributed by atoms with van der Waals surface area (Å²) in [5, 5.41) is 2.79. The molecule has 0 spiro atoms. The molecular weight excluding hydrogens is 356 g/mol. The summed E-state index contributed by atoms with van der Waals surface area (Å²) in [7, 11) is -3.51. The first-order valence-electron chi connectivity index (χ1n) is 7.73. The van der Waals surface area contributed by atoms with Crippen molar-refractivity contribution < 1.29 is 13.2 Å². The van der Waals surface area contributed by atoms with Crippen molar-refractivity contribution in [3.05, 3.63) is 59.7 Å². The number of thioether (sulfide) groups is 1. The van der Waals surface area contributed by atoms with E-state index in [4.69, 9.17) is 0 Å². The molecule has 0 fully saturated rings. The Bertz CT molecular complexity index is 834. The summed E-state index contributed by atoms with van der Waals surface area (Å²) in [6.45, 7) is 1.90. The molecule has 0 aromatic heterocycles. The second-order valence-electron chi connectivity index (χ2n) is 5.77. The lowest BCUT2D eigenvalue weighted by molar-refractivity contribution is -0.116. The molecule has 25 heavy (non-hydrogen) atoms. The molecule has 0 bridgehead atoms. The molecule has 134 valence electrons. The molecule has 0 saturated carbocycles. The summed E-state index contributed by atoms with van der Waals surface area (Å²) >= 11 is 1.52. The minimum Gasteiger partial charge on any atom is -0.324 e. The summed E-state index contributed by atoms with van der Waals surface area (Å²) in [5.41, 5.74) is 2.62. The molecule has 1 amide bonds. The molecular formula is C18H22N2O3S2. The van der Waals surface area contributed by atoms with Crippen LogP contribution in [-0.4, -0.2) is 37.7 Å². The highest BCUT2D eigenvalue weighted by molar-refractivity contribution is 7.98. The predicted molar refractivity (Wildman–Crippen MR) is 103 cm³/mol. The van der Waals surface area contributed by atoms with Gasteiger partial charge in [0.2, 0.25) is 15.9 Å². The van der Waals surface area contributed by atoms with Crippen LogP contribution in [-0.2, 0) is 21.4 Å². The quantitative estimate of drug-likeness (QED) is 0.752. The van der Waals surface area contributed by atoms with E-state index in [1.165, 1.54) is 16.1 Å². The summed E-state index contributed by atoms with van der Waals surface area (Å²) in [4.78, 5) is 13.3. The van der Waals surface area contributed by atoms with E-state index in [2.05, 4.69) is 5.32 Å². The normalized spacial score (nSPS) is 11.5. The number of rotatable bonds is 7. The maximum atomic E-state index is 12.4. The highest BCUT2D eigenvalue weighted by Gasteiger charge is 2.21. The number of benzene rings is 2. The van der Waals surface area contributed by atoms with Crippen molar-refractivity contribution in [3.8, 4) is 0 Å². The van der Waals surface area contributed by atoms with Crippen LogP contribution < -0.4 is 5.32 Å². The zero-order chi connectivity index (χ0) is 18.4. The molecule has 0 saturated heterocycles. The summed E-state index contributed by atoms with van der Waals surface area (Å²) < 4.78 is 25.3. The molecule has 2 aromatic rings. The van der Waals surface area contributed by atoms with E-state index in [1.807, 2.05) is 55.6 Å². The van der Waals surface area contributed by atoms with Crippen LogP contribution in [0.2, 0.25) is 0 Å². The number of aryl methyl sites for hydroxylation is 1. The molecule has 0 aliphatic rings. The van der Waals surface area contributed by atoms with Crippen LogP contribution in [0, 0.1) is 6.92 Å². The summed E-state index contributed by atoms with van der Waals surface area (Å²) in [6.07, 6.45) is 3.04. The van der Waals surface area contributed by atoms with Crippen LogP contribution in [0.4, 0.5) is 5.69 Å². The van der Waals surface area contributed by atoms with E-state index in [1.54, 1.807) is 6.07 Å². The second kappa shape index (κ2) is 8.51. The molecule has 7 heteroatoms. The molecule has 0 atom stereocenters. The van der Waals surface area contributed by atoms with Crippen LogP contribution in [0.5, 0.6) is 0 Å². The molecule has 0 radical (unpaired) electrons. The fraction of sp³-hybridized carbons (Fsp3) is 0.278. The fourth-order valence-electron chi connectivity index (χ4n) is 2.29. The third-order valence-corrected chi connectivity index (χ3v) is 5.64. The van der Waals surface area contributed by atoms with Gasteiger partial charge in [-0.15, -0.1) is 11.8 Å². The average molecular weight is 379 g/mol. The van der Waals surface area contributed by atoms with Gasteiger partial charge in [0, 0.05) is 11.4 Å². The monoisotopic (exact) mass is 378 g/mol. The van der Waals surface area contributed by atoms with E-state index in [9.17, 15) is 13.2 Å². The van der Waals surface area contributed by atoms with Crippen molar-refractivity contribution in [2.75, 3.05) is 24.4 Å². The van der Waals surface area contributed by atoms with Gasteiger partial charge >= 0.3 is 0 Å². The average Bonchev–Trinajstić information content (AvgIpc) is 2.56. The van der Waals surface area contributed by atoms with Crippen molar-refractivity contribution in [3.63, 3.8) is 0 Å². The first-order chi connectivity index (χ1) is 11.8. The number of nitrogens with zero attached hydrogens (tertiary/aromatic N) is 1. The fourth-order valence-corrected chi connectivity index (χ4v) is 3.57. The zero-order valence-electron chi connectivity index (χ0n) is 14.5. The van der Waals surface area contributed by atoms with Gasteiger partial charge in [-0.25, -0.2) is 8.42 Å². The van der Waals surface area contributed by atoms with Crippen LogP contribution >= 0.6 is 11.8 Å². The Morgan fingerprint density at radius 1 is 1.12 bits per heavy atom. The van der Waals surface area contributed by atoms with Crippen molar-refractivity contribution >= 4 is 33.4 Å². The zero-order valence-corrected chi connectivity index (χ0v) is 16.2. The van der Waals surface area contributed by atoms with E-state index in [0.717, 1.165) is 22.3 Å². The van der Waals surface area contributed by atoms with Crippen molar-refractivity contribution in [1.82, 2.24) is 4.31 Å². The van der Waals surface area contributed by atoms with Gasteiger partial charge in [0.15, 0.2) is 0 Å².